The van der Waals surface area contributed by atoms with E-state index in [1.54, 1.807) is 24.3 Å². The van der Waals surface area contributed by atoms with Gasteiger partial charge in [0.1, 0.15) is 5.82 Å². The van der Waals surface area contributed by atoms with Crippen molar-refractivity contribution in [2.75, 3.05) is 19.3 Å². The Hall–Kier alpha value is -2.25. The van der Waals surface area contributed by atoms with E-state index in [0.29, 0.717) is 18.7 Å². The number of carbonyl (C=O) groups excluding carboxylic acids is 1. The van der Waals surface area contributed by atoms with Crippen molar-refractivity contribution < 1.29 is 17.6 Å². The van der Waals surface area contributed by atoms with Crippen molar-refractivity contribution in [1.29, 1.82) is 0 Å². The van der Waals surface area contributed by atoms with E-state index < -0.39 is 9.84 Å². The number of likely N-dealkylation sites (tertiary alicyclic amines) is 1. The predicted octanol–water partition coefficient (Wildman–Crippen LogP) is 2.55. The van der Waals surface area contributed by atoms with Crippen molar-refractivity contribution in [3.8, 4) is 0 Å². The standard InChI is InChI=1S/C21H25FN2O3S/c1-28(26,27)19-10-8-16(9-11-19)13-21(25)23-18-6-4-12-24(15-18)14-17-5-2-3-7-20(17)22/h2-3,5,7-11,18H,4,6,12-15H2,1H3,(H,23,25). The molecule has 1 atom stereocenters. The van der Waals surface area contributed by atoms with Gasteiger partial charge in [0.15, 0.2) is 9.84 Å². The van der Waals surface area contributed by atoms with Crippen LogP contribution in [0.25, 0.3) is 0 Å². The fourth-order valence-corrected chi connectivity index (χ4v) is 4.13. The SMILES string of the molecule is CS(=O)(=O)c1ccc(CC(=O)NC2CCCN(Cc3ccccc3F)C2)cc1. The molecule has 1 unspecified atom stereocenters. The molecular weight excluding hydrogens is 379 g/mol. The fourth-order valence-electron chi connectivity index (χ4n) is 3.50. The molecule has 0 spiro atoms. The lowest BCUT2D eigenvalue weighted by atomic mass is 10.0. The maximum absolute atomic E-state index is 13.9. The average Bonchev–Trinajstić information content (AvgIpc) is 2.63. The summed E-state index contributed by atoms with van der Waals surface area (Å²) in [5.41, 5.74) is 1.43. The molecule has 1 saturated heterocycles. The number of nitrogens with zero attached hydrogens (tertiary/aromatic N) is 1. The Labute approximate surface area is 165 Å². The van der Waals surface area contributed by atoms with Crippen molar-refractivity contribution in [2.45, 2.75) is 36.7 Å². The van der Waals surface area contributed by atoms with Gasteiger partial charge < -0.3 is 5.32 Å². The summed E-state index contributed by atoms with van der Waals surface area (Å²) >= 11 is 0. The third-order valence-corrected chi connectivity index (χ3v) is 6.07. The van der Waals surface area contributed by atoms with Crippen LogP contribution in [0.1, 0.15) is 24.0 Å². The van der Waals surface area contributed by atoms with Gasteiger partial charge >= 0.3 is 0 Å². The van der Waals surface area contributed by atoms with Crippen LogP contribution in [0.15, 0.2) is 53.4 Å². The summed E-state index contributed by atoms with van der Waals surface area (Å²) in [5.74, 6) is -0.295. The molecule has 1 heterocycles. The number of rotatable bonds is 6. The highest BCUT2D eigenvalue weighted by Gasteiger charge is 2.22. The van der Waals surface area contributed by atoms with Crippen LogP contribution in [0, 0.1) is 5.82 Å². The minimum absolute atomic E-state index is 0.0308. The minimum Gasteiger partial charge on any atom is -0.352 e. The molecule has 28 heavy (non-hydrogen) atoms. The number of carbonyl (C=O) groups is 1. The summed E-state index contributed by atoms with van der Waals surface area (Å²) in [6.07, 6.45) is 3.20. The molecular formula is C21H25FN2O3S. The number of hydrogen-bond acceptors (Lipinski definition) is 4. The van der Waals surface area contributed by atoms with Crippen molar-refractivity contribution in [2.24, 2.45) is 0 Å². The summed E-state index contributed by atoms with van der Waals surface area (Å²) in [6, 6.07) is 13.2. The molecule has 1 aliphatic rings. The highest BCUT2D eigenvalue weighted by atomic mass is 32.2. The van der Waals surface area contributed by atoms with Crippen LogP contribution in [-0.4, -0.2) is 44.6 Å². The predicted molar refractivity (Wildman–Crippen MR) is 106 cm³/mol. The lowest BCUT2D eigenvalue weighted by Crippen LogP contribution is -2.47. The van der Waals surface area contributed by atoms with Gasteiger partial charge in [-0.1, -0.05) is 30.3 Å². The first-order chi connectivity index (χ1) is 13.3. The zero-order valence-corrected chi connectivity index (χ0v) is 16.7. The molecule has 0 saturated carbocycles. The minimum atomic E-state index is -3.24. The highest BCUT2D eigenvalue weighted by Crippen LogP contribution is 2.16. The first-order valence-electron chi connectivity index (χ1n) is 9.35. The van der Waals surface area contributed by atoms with E-state index in [2.05, 4.69) is 10.2 Å². The Balaban J connectivity index is 1.53. The highest BCUT2D eigenvalue weighted by molar-refractivity contribution is 7.90. The van der Waals surface area contributed by atoms with Crippen LogP contribution in [0.5, 0.6) is 0 Å². The lowest BCUT2D eigenvalue weighted by Gasteiger charge is -2.33. The Kier molecular flexibility index (Phi) is 6.46. The summed E-state index contributed by atoms with van der Waals surface area (Å²) in [5, 5.41) is 3.05. The number of sulfone groups is 1. The molecule has 0 bridgehead atoms. The number of benzene rings is 2. The van der Waals surface area contributed by atoms with Crippen LogP contribution in [0.3, 0.4) is 0 Å². The molecule has 5 nitrogen and oxygen atoms in total. The quantitative estimate of drug-likeness (QED) is 0.804. The van der Waals surface area contributed by atoms with Gasteiger partial charge in [0.25, 0.3) is 0 Å². The zero-order valence-electron chi connectivity index (χ0n) is 15.9. The zero-order chi connectivity index (χ0) is 20.1. The first-order valence-corrected chi connectivity index (χ1v) is 11.2. The Morgan fingerprint density at radius 3 is 2.57 bits per heavy atom. The molecule has 1 amide bonds. The van der Waals surface area contributed by atoms with Gasteiger partial charge in [-0.2, -0.15) is 0 Å². The third kappa shape index (κ3) is 5.62. The normalized spacial score (nSPS) is 18.0. The number of hydrogen-bond donors (Lipinski definition) is 1. The topological polar surface area (TPSA) is 66.5 Å². The Morgan fingerprint density at radius 2 is 1.89 bits per heavy atom. The van der Waals surface area contributed by atoms with Crippen molar-refractivity contribution in [1.82, 2.24) is 10.2 Å². The van der Waals surface area contributed by atoms with Crippen molar-refractivity contribution >= 4 is 15.7 Å². The van der Waals surface area contributed by atoms with Crippen LogP contribution < -0.4 is 5.32 Å². The molecule has 0 radical (unpaired) electrons. The molecule has 2 aromatic rings. The lowest BCUT2D eigenvalue weighted by molar-refractivity contribution is -0.121. The average molecular weight is 405 g/mol. The van der Waals surface area contributed by atoms with E-state index in [1.807, 2.05) is 6.07 Å². The molecule has 2 aromatic carbocycles. The van der Waals surface area contributed by atoms with Gasteiger partial charge in [0.2, 0.25) is 5.91 Å². The monoisotopic (exact) mass is 404 g/mol. The van der Waals surface area contributed by atoms with E-state index in [9.17, 15) is 17.6 Å². The van der Waals surface area contributed by atoms with E-state index in [0.717, 1.165) is 31.2 Å². The van der Waals surface area contributed by atoms with E-state index >= 15 is 0 Å². The van der Waals surface area contributed by atoms with Crippen LogP contribution in [0.2, 0.25) is 0 Å². The molecule has 3 rings (SSSR count). The molecule has 150 valence electrons. The molecule has 0 aromatic heterocycles. The molecule has 1 N–H and O–H groups in total. The number of piperidine rings is 1. The largest absolute Gasteiger partial charge is 0.352 e. The molecule has 1 fully saturated rings. The van der Waals surface area contributed by atoms with Gasteiger partial charge in [-0.3, -0.25) is 9.69 Å². The van der Waals surface area contributed by atoms with Gasteiger partial charge in [-0.15, -0.1) is 0 Å². The smallest absolute Gasteiger partial charge is 0.224 e. The fraction of sp³-hybridized carbons (Fsp3) is 0.381. The van der Waals surface area contributed by atoms with Crippen molar-refractivity contribution in [3.05, 3.63) is 65.5 Å². The van der Waals surface area contributed by atoms with E-state index in [1.165, 1.54) is 18.2 Å². The third-order valence-electron chi connectivity index (χ3n) is 4.94. The van der Waals surface area contributed by atoms with Crippen LogP contribution >= 0.6 is 0 Å². The number of nitrogens with one attached hydrogen (secondary N) is 1. The summed E-state index contributed by atoms with van der Waals surface area (Å²) in [7, 11) is -3.24. The second-order valence-corrected chi connectivity index (χ2v) is 9.34. The van der Waals surface area contributed by atoms with Crippen LogP contribution in [0.4, 0.5) is 4.39 Å². The first kappa shape index (κ1) is 20.5. The van der Waals surface area contributed by atoms with Gasteiger partial charge in [0, 0.05) is 31.0 Å². The molecule has 0 aliphatic carbocycles. The Morgan fingerprint density at radius 1 is 1.18 bits per heavy atom. The maximum atomic E-state index is 13.9. The van der Waals surface area contributed by atoms with E-state index in [-0.39, 0.29) is 29.1 Å². The summed E-state index contributed by atoms with van der Waals surface area (Å²) in [6.45, 7) is 2.10. The van der Waals surface area contributed by atoms with E-state index in [4.69, 9.17) is 0 Å². The van der Waals surface area contributed by atoms with Crippen molar-refractivity contribution in [3.63, 3.8) is 0 Å². The number of amides is 1. The maximum Gasteiger partial charge on any atom is 0.224 e. The molecule has 1 aliphatic heterocycles. The summed E-state index contributed by atoms with van der Waals surface area (Å²) in [4.78, 5) is 14.8. The second-order valence-electron chi connectivity index (χ2n) is 7.33. The van der Waals surface area contributed by atoms with Gasteiger partial charge in [0.05, 0.1) is 11.3 Å². The Bertz CT molecular complexity index is 929. The number of halogens is 1. The second kappa shape index (κ2) is 8.84. The summed E-state index contributed by atoms with van der Waals surface area (Å²) < 4.78 is 36.9. The van der Waals surface area contributed by atoms with Gasteiger partial charge in [-0.05, 0) is 43.1 Å². The van der Waals surface area contributed by atoms with Gasteiger partial charge in [-0.25, -0.2) is 12.8 Å². The van der Waals surface area contributed by atoms with Crippen LogP contribution in [-0.2, 0) is 27.6 Å². The molecule has 7 heteroatoms.